The Balaban J connectivity index is 1.83. The number of benzene rings is 1. The lowest BCUT2D eigenvalue weighted by molar-refractivity contribution is -0.244. The summed E-state index contributed by atoms with van der Waals surface area (Å²) in [5.41, 5.74) is 1.19. The number of rotatable bonds is 1. The maximum absolute atomic E-state index is 12.9. The van der Waals surface area contributed by atoms with Crippen LogP contribution in [0.2, 0.25) is 0 Å². The summed E-state index contributed by atoms with van der Waals surface area (Å²) in [5, 5.41) is 19.3. The minimum atomic E-state index is -4.56. The molecule has 0 saturated heterocycles. The van der Waals surface area contributed by atoms with Crippen LogP contribution in [-0.2, 0) is 6.42 Å². The molecule has 2 N–H and O–H groups in total. The molecule has 3 rings (SSSR count). The highest BCUT2D eigenvalue weighted by Gasteiger charge is 2.53. The quantitative estimate of drug-likeness (QED) is 0.817. The number of aromatic hydroxyl groups is 1. The average Bonchev–Trinajstić information content (AvgIpc) is 2.44. The third-order valence-corrected chi connectivity index (χ3v) is 5.60. The summed E-state index contributed by atoms with van der Waals surface area (Å²) in [4.78, 5) is 0. The Hall–Kier alpha value is -1.23. The molecule has 2 aliphatic carbocycles. The smallest absolute Gasteiger partial charge is 0.414 e. The molecule has 3 unspecified atom stereocenters. The first-order valence-corrected chi connectivity index (χ1v) is 7.77. The molecular weight excluding hydrogens is 293 g/mol. The third-order valence-electron chi connectivity index (χ3n) is 5.60. The fourth-order valence-electron chi connectivity index (χ4n) is 4.43. The monoisotopic (exact) mass is 314 g/mol. The first-order chi connectivity index (χ1) is 10.2. The van der Waals surface area contributed by atoms with Crippen molar-refractivity contribution in [1.82, 2.24) is 0 Å². The molecule has 2 aliphatic rings. The van der Waals surface area contributed by atoms with Crippen molar-refractivity contribution in [3.05, 3.63) is 29.3 Å². The lowest BCUT2D eigenvalue weighted by atomic mass is 9.59. The molecule has 0 aliphatic heterocycles. The molecule has 1 fully saturated rings. The van der Waals surface area contributed by atoms with Crippen molar-refractivity contribution in [2.75, 3.05) is 0 Å². The number of alkyl halides is 3. The van der Waals surface area contributed by atoms with Crippen molar-refractivity contribution in [2.24, 2.45) is 11.3 Å². The van der Waals surface area contributed by atoms with Crippen molar-refractivity contribution >= 4 is 0 Å². The second kappa shape index (κ2) is 5.15. The number of hydrogen-bond donors (Lipinski definition) is 2. The van der Waals surface area contributed by atoms with Gasteiger partial charge in [-0.1, -0.05) is 13.0 Å². The van der Waals surface area contributed by atoms with Crippen molar-refractivity contribution < 1.29 is 23.4 Å². The molecule has 1 saturated carbocycles. The van der Waals surface area contributed by atoms with Gasteiger partial charge in [-0.05, 0) is 67.2 Å². The van der Waals surface area contributed by atoms with Gasteiger partial charge in [-0.15, -0.1) is 0 Å². The predicted molar refractivity (Wildman–Crippen MR) is 76.7 cm³/mol. The number of aryl methyl sites for hydroxylation is 1. The SMILES string of the molecule is C[C@]1(C(O)C(F)(F)F)CCC2c3ccc(O)cc3CCC2C1. The molecule has 1 aromatic rings. The maximum atomic E-state index is 12.9. The summed E-state index contributed by atoms with van der Waals surface area (Å²) in [6.07, 6.45) is -3.77. The van der Waals surface area contributed by atoms with E-state index in [1.807, 2.05) is 6.07 Å². The topological polar surface area (TPSA) is 40.5 Å². The normalized spacial score (nSPS) is 33.0. The zero-order chi connectivity index (χ0) is 16.1. The van der Waals surface area contributed by atoms with Crippen LogP contribution in [0.3, 0.4) is 0 Å². The number of phenolic OH excluding ortho intramolecular Hbond substituents is 1. The minimum absolute atomic E-state index is 0.174. The molecular formula is C17H21F3O2. The Morgan fingerprint density at radius 2 is 2.00 bits per heavy atom. The van der Waals surface area contributed by atoms with E-state index >= 15 is 0 Å². The molecule has 22 heavy (non-hydrogen) atoms. The second-order valence-corrected chi connectivity index (χ2v) is 7.13. The Bertz CT molecular complexity index is 570. The first kappa shape index (κ1) is 15.7. The molecule has 1 aromatic carbocycles. The Morgan fingerprint density at radius 1 is 1.27 bits per heavy atom. The number of phenols is 1. The lowest BCUT2D eigenvalue weighted by Crippen LogP contribution is -2.47. The van der Waals surface area contributed by atoms with Crippen molar-refractivity contribution in [3.63, 3.8) is 0 Å². The minimum Gasteiger partial charge on any atom is -0.508 e. The van der Waals surface area contributed by atoms with Crippen LogP contribution in [0.4, 0.5) is 13.2 Å². The van der Waals surface area contributed by atoms with Gasteiger partial charge in [0.2, 0.25) is 0 Å². The van der Waals surface area contributed by atoms with Gasteiger partial charge in [0, 0.05) is 5.41 Å². The van der Waals surface area contributed by atoms with Crippen LogP contribution in [0, 0.1) is 11.3 Å². The van der Waals surface area contributed by atoms with Gasteiger partial charge in [-0.2, -0.15) is 13.2 Å². The van der Waals surface area contributed by atoms with Crippen molar-refractivity contribution in [1.29, 1.82) is 0 Å². The van der Waals surface area contributed by atoms with Gasteiger partial charge in [0.15, 0.2) is 6.10 Å². The molecule has 2 nitrogen and oxygen atoms in total. The van der Waals surface area contributed by atoms with Crippen LogP contribution < -0.4 is 0 Å². The van der Waals surface area contributed by atoms with E-state index in [-0.39, 0.29) is 17.6 Å². The molecule has 5 heteroatoms. The number of aliphatic hydroxyl groups excluding tert-OH is 1. The van der Waals surface area contributed by atoms with Gasteiger partial charge >= 0.3 is 6.18 Å². The molecule has 4 atom stereocenters. The molecule has 0 spiro atoms. The average molecular weight is 314 g/mol. The molecule has 122 valence electrons. The van der Waals surface area contributed by atoms with Gasteiger partial charge in [-0.25, -0.2) is 0 Å². The maximum Gasteiger partial charge on any atom is 0.414 e. The van der Waals surface area contributed by atoms with Crippen LogP contribution in [0.25, 0.3) is 0 Å². The summed E-state index contributed by atoms with van der Waals surface area (Å²) in [6, 6.07) is 5.33. The van der Waals surface area contributed by atoms with E-state index in [1.54, 1.807) is 19.1 Å². The number of fused-ring (bicyclic) bond motifs is 3. The second-order valence-electron chi connectivity index (χ2n) is 7.13. The lowest BCUT2D eigenvalue weighted by Gasteiger charge is -2.47. The van der Waals surface area contributed by atoms with E-state index in [0.717, 1.165) is 24.0 Å². The Labute approximate surface area is 128 Å². The Morgan fingerprint density at radius 3 is 2.68 bits per heavy atom. The zero-order valence-corrected chi connectivity index (χ0v) is 12.5. The first-order valence-electron chi connectivity index (χ1n) is 7.77. The standard InChI is InChI=1S/C17H21F3O2/c1-16(15(22)17(18,19)20)7-6-14-11(9-16)3-2-10-8-12(21)4-5-13(10)14/h4-5,8,11,14-15,21-22H,2-3,6-7,9H2,1H3/t11?,14?,15?,16-/m0/s1. The molecule has 0 aromatic heterocycles. The van der Waals surface area contributed by atoms with E-state index < -0.39 is 17.7 Å². The fraction of sp³-hybridized carbons (Fsp3) is 0.647. The van der Waals surface area contributed by atoms with Crippen molar-refractivity contribution in [2.45, 2.75) is 57.2 Å². The summed E-state index contributed by atoms with van der Waals surface area (Å²) < 4.78 is 38.7. The fourth-order valence-corrected chi connectivity index (χ4v) is 4.43. The molecule has 0 amide bonds. The number of hydrogen-bond acceptors (Lipinski definition) is 2. The van der Waals surface area contributed by atoms with E-state index in [1.165, 1.54) is 0 Å². The largest absolute Gasteiger partial charge is 0.508 e. The van der Waals surface area contributed by atoms with E-state index in [2.05, 4.69) is 0 Å². The van der Waals surface area contributed by atoms with Gasteiger partial charge < -0.3 is 10.2 Å². The van der Waals surface area contributed by atoms with Gasteiger partial charge in [-0.3, -0.25) is 0 Å². The summed E-state index contributed by atoms with van der Waals surface area (Å²) >= 11 is 0. The molecule has 0 bridgehead atoms. The highest BCUT2D eigenvalue weighted by molar-refractivity contribution is 5.39. The van der Waals surface area contributed by atoms with Gasteiger partial charge in [0.25, 0.3) is 0 Å². The summed E-state index contributed by atoms with van der Waals surface area (Å²) in [7, 11) is 0. The van der Waals surface area contributed by atoms with Crippen LogP contribution >= 0.6 is 0 Å². The molecule has 0 radical (unpaired) electrons. The molecule has 0 heterocycles. The van der Waals surface area contributed by atoms with Crippen molar-refractivity contribution in [3.8, 4) is 5.75 Å². The Kier molecular flexibility index (Phi) is 3.67. The van der Waals surface area contributed by atoms with E-state index in [0.29, 0.717) is 19.3 Å². The van der Waals surface area contributed by atoms with Crippen LogP contribution in [0.1, 0.15) is 49.7 Å². The van der Waals surface area contributed by atoms with Gasteiger partial charge in [0.1, 0.15) is 5.75 Å². The van der Waals surface area contributed by atoms with E-state index in [9.17, 15) is 23.4 Å². The van der Waals surface area contributed by atoms with E-state index in [4.69, 9.17) is 0 Å². The zero-order valence-electron chi connectivity index (χ0n) is 12.5. The third kappa shape index (κ3) is 2.60. The van der Waals surface area contributed by atoms with Crippen LogP contribution in [0.5, 0.6) is 5.75 Å². The highest BCUT2D eigenvalue weighted by atomic mass is 19.4. The van der Waals surface area contributed by atoms with Crippen LogP contribution in [-0.4, -0.2) is 22.5 Å². The highest BCUT2D eigenvalue weighted by Crippen LogP contribution is 2.54. The van der Waals surface area contributed by atoms with Crippen LogP contribution in [0.15, 0.2) is 18.2 Å². The number of halogens is 3. The van der Waals surface area contributed by atoms with Gasteiger partial charge in [0.05, 0.1) is 0 Å². The number of aliphatic hydroxyl groups is 1. The summed E-state index contributed by atoms with van der Waals surface area (Å²) in [5.74, 6) is 0.663. The predicted octanol–water partition coefficient (Wildman–Crippen LogP) is 4.15. The summed E-state index contributed by atoms with van der Waals surface area (Å²) in [6.45, 7) is 1.56.